The monoisotopic (exact) mass is 244 g/mol. The second-order valence-corrected chi connectivity index (χ2v) is 3.94. The topological polar surface area (TPSA) is 55.2 Å². The van der Waals surface area contributed by atoms with E-state index < -0.39 is 0 Å². The Kier molecular flexibility index (Phi) is 4.67. The fourth-order valence-electron chi connectivity index (χ4n) is 1.60. The number of aliphatic hydroxyl groups is 1. The summed E-state index contributed by atoms with van der Waals surface area (Å²) >= 11 is 0. The van der Waals surface area contributed by atoms with Crippen molar-refractivity contribution in [3.8, 4) is 5.88 Å². The third-order valence-corrected chi connectivity index (χ3v) is 2.55. The molecule has 0 aliphatic rings. The Morgan fingerprint density at radius 2 is 1.89 bits per heavy atom. The summed E-state index contributed by atoms with van der Waals surface area (Å²) in [5.74, 6) is 0.500. The SMILES string of the molecule is OCc1cnc(OCCCc2ccccc2)cn1. The molecule has 0 spiro atoms. The van der Waals surface area contributed by atoms with Crippen molar-refractivity contribution in [1.29, 1.82) is 0 Å². The standard InChI is InChI=1S/C14H16N2O2/c17-11-13-9-16-14(10-15-13)18-8-4-7-12-5-2-1-3-6-12/h1-3,5-6,9-10,17H,4,7-8,11H2. The van der Waals surface area contributed by atoms with Crippen LogP contribution in [0.5, 0.6) is 5.88 Å². The smallest absolute Gasteiger partial charge is 0.232 e. The maximum Gasteiger partial charge on any atom is 0.232 e. The van der Waals surface area contributed by atoms with Crippen LogP contribution in [0.15, 0.2) is 42.7 Å². The lowest BCUT2D eigenvalue weighted by Crippen LogP contribution is -2.02. The normalized spacial score (nSPS) is 10.3. The van der Waals surface area contributed by atoms with Crippen LogP contribution < -0.4 is 4.74 Å². The van der Waals surface area contributed by atoms with Gasteiger partial charge in [-0.25, -0.2) is 4.98 Å². The van der Waals surface area contributed by atoms with Crippen LogP contribution in [0.1, 0.15) is 17.7 Å². The van der Waals surface area contributed by atoms with Gasteiger partial charge in [-0.1, -0.05) is 30.3 Å². The van der Waals surface area contributed by atoms with Gasteiger partial charge in [-0.3, -0.25) is 4.98 Å². The highest BCUT2D eigenvalue weighted by Gasteiger charge is 1.98. The van der Waals surface area contributed by atoms with E-state index >= 15 is 0 Å². The van der Waals surface area contributed by atoms with E-state index in [4.69, 9.17) is 9.84 Å². The molecule has 4 nitrogen and oxygen atoms in total. The molecule has 0 saturated carbocycles. The molecular weight excluding hydrogens is 228 g/mol. The first-order valence-corrected chi connectivity index (χ1v) is 5.97. The molecule has 0 bridgehead atoms. The van der Waals surface area contributed by atoms with Crippen LogP contribution in [0.2, 0.25) is 0 Å². The number of ether oxygens (including phenoxy) is 1. The second-order valence-electron chi connectivity index (χ2n) is 3.94. The summed E-state index contributed by atoms with van der Waals surface area (Å²) in [7, 11) is 0. The number of aryl methyl sites for hydroxylation is 1. The van der Waals surface area contributed by atoms with Crippen molar-refractivity contribution in [3.63, 3.8) is 0 Å². The molecule has 0 aliphatic carbocycles. The molecule has 0 unspecified atom stereocenters. The molecule has 2 aromatic rings. The molecule has 1 heterocycles. The Labute approximate surface area is 106 Å². The molecule has 0 atom stereocenters. The molecular formula is C14H16N2O2. The first kappa shape index (κ1) is 12.5. The van der Waals surface area contributed by atoms with Crippen LogP contribution in [-0.4, -0.2) is 21.7 Å². The first-order chi connectivity index (χ1) is 8.88. The molecule has 1 N–H and O–H groups in total. The Morgan fingerprint density at radius 3 is 2.56 bits per heavy atom. The number of benzene rings is 1. The van der Waals surface area contributed by atoms with Crippen LogP contribution in [-0.2, 0) is 13.0 Å². The van der Waals surface area contributed by atoms with Crippen molar-refractivity contribution >= 4 is 0 Å². The van der Waals surface area contributed by atoms with Crippen LogP contribution in [0.4, 0.5) is 0 Å². The zero-order chi connectivity index (χ0) is 12.6. The summed E-state index contributed by atoms with van der Waals surface area (Å²) in [6, 6.07) is 10.3. The lowest BCUT2D eigenvalue weighted by atomic mass is 10.1. The van der Waals surface area contributed by atoms with E-state index in [1.54, 1.807) is 0 Å². The van der Waals surface area contributed by atoms with E-state index in [2.05, 4.69) is 22.1 Å². The van der Waals surface area contributed by atoms with Gasteiger partial charge in [0.05, 0.1) is 31.3 Å². The summed E-state index contributed by atoms with van der Waals surface area (Å²) in [4.78, 5) is 8.05. The maximum absolute atomic E-state index is 8.83. The molecule has 0 amide bonds. The predicted octanol–water partition coefficient (Wildman–Crippen LogP) is 1.98. The number of rotatable bonds is 6. The Bertz CT molecular complexity index is 457. The third-order valence-electron chi connectivity index (χ3n) is 2.55. The van der Waals surface area contributed by atoms with Crippen molar-refractivity contribution in [3.05, 3.63) is 54.0 Å². The van der Waals surface area contributed by atoms with Gasteiger partial charge in [-0.15, -0.1) is 0 Å². The van der Waals surface area contributed by atoms with Crippen molar-refractivity contribution in [2.45, 2.75) is 19.4 Å². The number of aromatic nitrogens is 2. The number of hydrogen-bond donors (Lipinski definition) is 1. The molecule has 0 fully saturated rings. The Balaban J connectivity index is 1.72. The summed E-state index contributed by atoms with van der Waals surface area (Å²) in [5, 5.41) is 8.83. The highest BCUT2D eigenvalue weighted by molar-refractivity contribution is 5.14. The van der Waals surface area contributed by atoms with Gasteiger partial charge < -0.3 is 9.84 Å². The molecule has 0 radical (unpaired) electrons. The van der Waals surface area contributed by atoms with Crippen LogP contribution in [0, 0.1) is 0 Å². The van der Waals surface area contributed by atoms with Crippen LogP contribution in [0.25, 0.3) is 0 Å². The second kappa shape index (κ2) is 6.71. The highest BCUT2D eigenvalue weighted by Crippen LogP contribution is 2.06. The van der Waals surface area contributed by atoms with Gasteiger partial charge in [0, 0.05) is 0 Å². The molecule has 2 rings (SSSR count). The minimum absolute atomic E-state index is 0.0959. The van der Waals surface area contributed by atoms with E-state index in [1.807, 2.05) is 18.2 Å². The summed E-state index contributed by atoms with van der Waals surface area (Å²) in [6.45, 7) is 0.517. The van der Waals surface area contributed by atoms with E-state index in [0.29, 0.717) is 18.2 Å². The molecule has 4 heteroatoms. The summed E-state index contributed by atoms with van der Waals surface area (Å²) < 4.78 is 5.47. The van der Waals surface area contributed by atoms with Gasteiger partial charge >= 0.3 is 0 Å². The fourth-order valence-corrected chi connectivity index (χ4v) is 1.60. The Morgan fingerprint density at radius 1 is 1.06 bits per heavy atom. The lowest BCUT2D eigenvalue weighted by molar-refractivity contribution is 0.272. The highest BCUT2D eigenvalue weighted by atomic mass is 16.5. The number of aliphatic hydroxyl groups excluding tert-OH is 1. The van der Waals surface area contributed by atoms with Gasteiger partial charge in [0.2, 0.25) is 5.88 Å². The number of hydrogen-bond acceptors (Lipinski definition) is 4. The lowest BCUT2D eigenvalue weighted by Gasteiger charge is -2.05. The van der Waals surface area contributed by atoms with Gasteiger partial charge in [-0.2, -0.15) is 0 Å². The van der Waals surface area contributed by atoms with E-state index in [-0.39, 0.29) is 6.61 Å². The number of nitrogens with zero attached hydrogens (tertiary/aromatic N) is 2. The predicted molar refractivity (Wildman–Crippen MR) is 68.2 cm³/mol. The fraction of sp³-hybridized carbons (Fsp3) is 0.286. The molecule has 18 heavy (non-hydrogen) atoms. The third kappa shape index (κ3) is 3.82. The van der Waals surface area contributed by atoms with E-state index in [1.165, 1.54) is 18.0 Å². The summed E-state index contributed by atoms with van der Waals surface area (Å²) in [6.07, 6.45) is 4.98. The largest absolute Gasteiger partial charge is 0.477 e. The van der Waals surface area contributed by atoms with Crippen molar-refractivity contribution in [2.75, 3.05) is 6.61 Å². The Hall–Kier alpha value is -1.94. The first-order valence-electron chi connectivity index (χ1n) is 5.97. The molecule has 1 aromatic carbocycles. The average molecular weight is 244 g/mol. The molecule has 0 aliphatic heterocycles. The zero-order valence-corrected chi connectivity index (χ0v) is 10.1. The molecule has 0 saturated heterocycles. The van der Waals surface area contributed by atoms with Crippen LogP contribution in [0.3, 0.4) is 0 Å². The van der Waals surface area contributed by atoms with Gasteiger partial charge in [0.25, 0.3) is 0 Å². The van der Waals surface area contributed by atoms with E-state index in [0.717, 1.165) is 12.8 Å². The van der Waals surface area contributed by atoms with Gasteiger partial charge in [-0.05, 0) is 18.4 Å². The van der Waals surface area contributed by atoms with Gasteiger partial charge in [0.15, 0.2) is 0 Å². The zero-order valence-electron chi connectivity index (χ0n) is 10.1. The molecule has 1 aromatic heterocycles. The minimum Gasteiger partial charge on any atom is -0.477 e. The van der Waals surface area contributed by atoms with Crippen LogP contribution >= 0.6 is 0 Å². The minimum atomic E-state index is -0.0959. The van der Waals surface area contributed by atoms with Crippen molar-refractivity contribution < 1.29 is 9.84 Å². The van der Waals surface area contributed by atoms with Crippen molar-refractivity contribution in [2.24, 2.45) is 0 Å². The summed E-state index contributed by atoms with van der Waals surface area (Å²) in [5.41, 5.74) is 1.86. The maximum atomic E-state index is 8.83. The van der Waals surface area contributed by atoms with E-state index in [9.17, 15) is 0 Å². The van der Waals surface area contributed by atoms with Gasteiger partial charge in [0.1, 0.15) is 0 Å². The van der Waals surface area contributed by atoms with Crippen molar-refractivity contribution in [1.82, 2.24) is 9.97 Å². The quantitative estimate of drug-likeness (QED) is 0.789. The molecule has 94 valence electrons. The average Bonchev–Trinajstić information content (AvgIpc) is 2.45.